The van der Waals surface area contributed by atoms with Crippen LogP contribution < -0.4 is 31.9 Å². The number of carbonyl (C=O) groups is 1. The Morgan fingerprint density at radius 2 is 1.58 bits per heavy atom. The van der Waals surface area contributed by atoms with Crippen LogP contribution in [0.1, 0.15) is 54.6 Å². The Hall–Kier alpha value is -5.63. The van der Waals surface area contributed by atoms with Crippen molar-refractivity contribution in [3.05, 3.63) is 103 Å². The number of piperazine rings is 1. The molecule has 0 spiro atoms. The second-order valence-corrected chi connectivity index (χ2v) is 14.2. The summed E-state index contributed by atoms with van der Waals surface area (Å²) in [7, 11) is 0. The monoisotopic (exact) mass is 702 g/mol. The largest absolute Gasteiger partial charge is 0.371 e. The molecule has 1 saturated carbocycles. The van der Waals surface area contributed by atoms with Crippen LogP contribution in [0.5, 0.6) is 0 Å². The fourth-order valence-corrected chi connectivity index (χ4v) is 7.96. The average Bonchev–Trinajstić information content (AvgIpc) is 3.65. The molecule has 52 heavy (non-hydrogen) atoms. The summed E-state index contributed by atoms with van der Waals surface area (Å²) in [5.74, 6) is 1.34. The zero-order valence-electron chi connectivity index (χ0n) is 29.4. The van der Waals surface area contributed by atoms with Gasteiger partial charge in [-0.05, 0) is 68.7 Å². The molecule has 0 amide bonds. The minimum atomic E-state index is -0.447. The van der Waals surface area contributed by atoms with Gasteiger partial charge < -0.3 is 15.1 Å². The van der Waals surface area contributed by atoms with Crippen molar-refractivity contribution >= 4 is 40.0 Å². The normalized spacial score (nSPS) is 17.1. The number of nitrogens with zero attached hydrogens (tertiary/aromatic N) is 8. The van der Waals surface area contributed by atoms with E-state index < -0.39 is 11.2 Å². The number of pyridine rings is 2. The third-order valence-corrected chi connectivity index (χ3v) is 10.8. The second-order valence-electron chi connectivity index (χ2n) is 14.2. The fourth-order valence-electron chi connectivity index (χ4n) is 7.96. The number of benzene rings is 1. The van der Waals surface area contributed by atoms with Crippen molar-refractivity contribution in [2.24, 2.45) is 5.92 Å². The summed E-state index contributed by atoms with van der Waals surface area (Å²) in [5.41, 5.74) is 3.19. The highest BCUT2D eigenvalue weighted by Gasteiger charge is 2.30. The number of aryl methyl sites for hydroxylation is 1. The first-order chi connectivity index (χ1) is 25.2. The number of anilines is 4. The number of aromatic nitrogens is 6. The van der Waals surface area contributed by atoms with E-state index in [-0.39, 0.29) is 22.9 Å². The molecule has 1 aliphatic carbocycles. The van der Waals surface area contributed by atoms with Crippen molar-refractivity contribution in [2.45, 2.75) is 45.6 Å². The summed E-state index contributed by atoms with van der Waals surface area (Å²) in [6.45, 7) is 10.1. The predicted molar refractivity (Wildman–Crippen MR) is 201 cm³/mol. The van der Waals surface area contributed by atoms with Crippen molar-refractivity contribution in [3.63, 3.8) is 0 Å². The maximum absolute atomic E-state index is 13.5. The minimum absolute atomic E-state index is 0.0210. The zero-order valence-corrected chi connectivity index (χ0v) is 29.4. The van der Waals surface area contributed by atoms with Gasteiger partial charge in [-0.15, -0.1) is 0 Å². The van der Waals surface area contributed by atoms with Crippen LogP contribution in [0.2, 0.25) is 0 Å². The number of nitrogens with one attached hydrogen (secondary N) is 2. The van der Waals surface area contributed by atoms with E-state index >= 15 is 0 Å². The minimum Gasteiger partial charge on any atom is -0.371 e. The molecule has 1 aromatic carbocycles. The highest BCUT2D eigenvalue weighted by molar-refractivity contribution is 5.99. The summed E-state index contributed by atoms with van der Waals surface area (Å²) >= 11 is 0. The van der Waals surface area contributed by atoms with Gasteiger partial charge in [0.25, 0.3) is 11.1 Å². The van der Waals surface area contributed by atoms with Gasteiger partial charge in [0.15, 0.2) is 5.78 Å². The summed E-state index contributed by atoms with van der Waals surface area (Å²) in [4.78, 5) is 73.0. The van der Waals surface area contributed by atoms with Crippen molar-refractivity contribution in [3.8, 4) is 5.69 Å². The van der Waals surface area contributed by atoms with Crippen LogP contribution in [-0.2, 0) is 0 Å². The molecule has 4 aromatic heterocycles. The van der Waals surface area contributed by atoms with Gasteiger partial charge in [0.2, 0.25) is 5.95 Å². The van der Waals surface area contributed by atoms with Gasteiger partial charge in [-0.1, -0.05) is 12.8 Å². The first kappa shape index (κ1) is 33.5. The number of Topliss-reactive ketones (excluding diaryl/α,β-unsaturated/α-hetero) is 1. The predicted octanol–water partition coefficient (Wildman–Crippen LogP) is 3.65. The van der Waals surface area contributed by atoms with Gasteiger partial charge in [-0.2, -0.15) is 4.98 Å². The quantitative estimate of drug-likeness (QED) is 0.216. The van der Waals surface area contributed by atoms with Gasteiger partial charge in [0.05, 0.1) is 23.1 Å². The fraction of sp³-hybridized carbons (Fsp3) is 0.395. The lowest BCUT2D eigenvalue weighted by molar-refractivity contribution is 0.101. The first-order valence-electron chi connectivity index (χ1n) is 18.0. The number of carbonyl (C=O) groups excluding carboxylic acids is 1. The molecule has 268 valence electrons. The van der Waals surface area contributed by atoms with Gasteiger partial charge in [0.1, 0.15) is 11.5 Å². The third-order valence-electron chi connectivity index (χ3n) is 10.8. The summed E-state index contributed by atoms with van der Waals surface area (Å²) in [6.07, 6.45) is 8.95. The van der Waals surface area contributed by atoms with Crippen LogP contribution in [0, 0.1) is 12.8 Å². The molecule has 3 fully saturated rings. The number of ketones is 1. The smallest absolute Gasteiger partial charge is 0.332 e. The molecular weight excluding hydrogens is 660 g/mol. The molecule has 6 heterocycles. The summed E-state index contributed by atoms with van der Waals surface area (Å²) in [5, 5.41) is 3.94. The Balaban J connectivity index is 0.852. The summed E-state index contributed by atoms with van der Waals surface area (Å²) in [6, 6.07) is 13.2. The van der Waals surface area contributed by atoms with Crippen molar-refractivity contribution in [1.29, 1.82) is 0 Å². The molecule has 0 bridgehead atoms. The van der Waals surface area contributed by atoms with E-state index in [0.29, 0.717) is 40.0 Å². The molecule has 0 atom stereocenters. The Morgan fingerprint density at radius 1 is 0.865 bits per heavy atom. The molecule has 8 rings (SSSR count). The Labute approximate surface area is 299 Å². The van der Waals surface area contributed by atoms with Crippen LogP contribution >= 0.6 is 0 Å². The van der Waals surface area contributed by atoms with E-state index in [1.165, 1.54) is 23.8 Å². The average molecular weight is 703 g/mol. The molecular formula is C38H42N10O4. The Kier molecular flexibility index (Phi) is 8.91. The van der Waals surface area contributed by atoms with E-state index in [9.17, 15) is 19.2 Å². The molecule has 14 heteroatoms. The Bertz CT molecular complexity index is 2300. The lowest BCUT2D eigenvalue weighted by Gasteiger charge is -2.45. The first-order valence-corrected chi connectivity index (χ1v) is 18.0. The number of hydrogen-bond donors (Lipinski definition) is 2. The standard InChI is InChI=1S/C38H42N10O4/c1-24-31-20-40-37(43-35(31)48(29-5-3-4-6-29)36(51)34(24)25(2)49)41-32-12-11-30(19-39-32)45-17-15-44(16-18-45)21-26-22-46(23-26)27-7-9-28(10-8-27)47-14-13-33(50)42-38(47)52/h7-14,19-20,26,29H,3-6,15-18,21-23H2,1-2H3,(H,42,50,52)(H,39,40,41,43). The highest BCUT2D eigenvalue weighted by Crippen LogP contribution is 2.32. The third kappa shape index (κ3) is 6.49. The molecule has 0 unspecified atom stereocenters. The van der Waals surface area contributed by atoms with Crippen LogP contribution in [0.4, 0.5) is 23.1 Å². The number of H-pyrrole nitrogens is 1. The molecule has 14 nitrogen and oxygen atoms in total. The molecule has 2 aliphatic heterocycles. The van der Waals surface area contributed by atoms with Crippen LogP contribution in [0.3, 0.4) is 0 Å². The van der Waals surface area contributed by atoms with Crippen molar-refractivity contribution in [1.82, 2.24) is 34.0 Å². The Morgan fingerprint density at radius 3 is 2.25 bits per heavy atom. The summed E-state index contributed by atoms with van der Waals surface area (Å²) < 4.78 is 3.15. The lowest BCUT2D eigenvalue weighted by atomic mass is 9.98. The molecule has 5 aromatic rings. The van der Waals surface area contributed by atoms with Crippen LogP contribution in [0.25, 0.3) is 16.7 Å². The van der Waals surface area contributed by atoms with Crippen LogP contribution in [-0.4, -0.2) is 85.6 Å². The van der Waals surface area contributed by atoms with E-state index in [4.69, 9.17) is 4.98 Å². The number of rotatable bonds is 9. The van der Waals surface area contributed by atoms with Gasteiger partial charge in [0, 0.05) is 87.3 Å². The van der Waals surface area contributed by atoms with E-state index in [0.717, 1.165) is 82.9 Å². The number of hydrogen-bond acceptors (Lipinski definition) is 11. The second kappa shape index (κ2) is 13.8. The maximum Gasteiger partial charge on any atom is 0.332 e. The number of fused-ring (bicyclic) bond motifs is 1. The zero-order chi connectivity index (χ0) is 35.9. The van der Waals surface area contributed by atoms with Crippen molar-refractivity contribution < 1.29 is 4.79 Å². The maximum atomic E-state index is 13.5. The van der Waals surface area contributed by atoms with E-state index in [1.54, 1.807) is 17.7 Å². The topological polar surface area (TPSA) is 154 Å². The lowest BCUT2D eigenvalue weighted by Crippen LogP contribution is -2.55. The van der Waals surface area contributed by atoms with Crippen LogP contribution in [0.15, 0.2) is 75.4 Å². The number of aromatic amines is 1. The van der Waals surface area contributed by atoms with Gasteiger partial charge in [-0.25, -0.2) is 14.8 Å². The van der Waals surface area contributed by atoms with E-state index in [2.05, 4.69) is 41.0 Å². The van der Waals surface area contributed by atoms with Gasteiger partial charge >= 0.3 is 5.69 Å². The van der Waals surface area contributed by atoms with Gasteiger partial charge in [-0.3, -0.25) is 33.4 Å². The van der Waals surface area contributed by atoms with Crippen molar-refractivity contribution in [2.75, 3.05) is 60.9 Å². The highest BCUT2D eigenvalue weighted by atomic mass is 16.2. The van der Waals surface area contributed by atoms with E-state index in [1.807, 2.05) is 36.5 Å². The molecule has 2 N–H and O–H groups in total. The molecule has 2 saturated heterocycles. The molecule has 3 aliphatic rings. The molecule has 0 radical (unpaired) electrons. The SMILES string of the molecule is CC(=O)c1c(C)c2cnc(Nc3ccc(N4CCN(CC5CN(c6ccc(-n7ccc(=O)[nH]c7=O)cc6)C5)CC4)cn3)nc2n(C2CCCC2)c1=O.